The highest BCUT2D eigenvalue weighted by Crippen LogP contribution is 2.53. The van der Waals surface area contributed by atoms with Crippen molar-refractivity contribution in [3.63, 3.8) is 0 Å². The summed E-state index contributed by atoms with van der Waals surface area (Å²) in [5, 5.41) is 10.6. The van der Waals surface area contributed by atoms with E-state index in [2.05, 4.69) is 158 Å². The van der Waals surface area contributed by atoms with Gasteiger partial charge in [0.15, 0.2) is 0 Å². The first kappa shape index (κ1) is 24.1. The fraction of sp³-hybridized carbons (Fsp3) is 0.0698. The maximum atomic E-state index is 2.45. The lowest BCUT2D eigenvalue weighted by molar-refractivity contribution is 0.661. The molecule has 206 valence electrons. The van der Waals surface area contributed by atoms with E-state index >= 15 is 0 Å². The molecule has 0 radical (unpaired) electrons. The summed E-state index contributed by atoms with van der Waals surface area (Å²) in [6, 6.07) is 52.0. The van der Waals surface area contributed by atoms with Crippen molar-refractivity contribution >= 4 is 54.1 Å². The van der Waals surface area contributed by atoms with E-state index < -0.39 is 0 Å². The minimum atomic E-state index is -0.0222. The SMILES string of the molecule is CC1(C)c2ccccc2-c2c1ccc1c2c2ccccc2n1-c1ccc(-c2ccc3ccc4cccc5ccc2c3c45)cc1. The van der Waals surface area contributed by atoms with Crippen LogP contribution in [0.5, 0.6) is 0 Å². The predicted molar refractivity (Wildman–Crippen MR) is 187 cm³/mol. The zero-order chi connectivity index (χ0) is 29.2. The first-order valence-corrected chi connectivity index (χ1v) is 15.5. The van der Waals surface area contributed by atoms with Gasteiger partial charge in [0.1, 0.15) is 0 Å². The van der Waals surface area contributed by atoms with Crippen LogP contribution in [0.15, 0.2) is 140 Å². The van der Waals surface area contributed by atoms with Crippen LogP contribution in [0, 0.1) is 0 Å². The third-order valence-electron chi connectivity index (χ3n) is 10.3. The Balaban J connectivity index is 1.19. The molecule has 10 rings (SSSR count). The molecule has 0 fully saturated rings. The summed E-state index contributed by atoms with van der Waals surface area (Å²) in [6.07, 6.45) is 0. The molecule has 44 heavy (non-hydrogen) atoms. The van der Waals surface area contributed by atoms with Crippen LogP contribution in [0.2, 0.25) is 0 Å². The van der Waals surface area contributed by atoms with Crippen LogP contribution in [0.1, 0.15) is 25.0 Å². The highest BCUT2D eigenvalue weighted by atomic mass is 15.0. The van der Waals surface area contributed by atoms with Gasteiger partial charge in [0.25, 0.3) is 0 Å². The van der Waals surface area contributed by atoms with Crippen LogP contribution in [-0.4, -0.2) is 4.57 Å². The van der Waals surface area contributed by atoms with Crippen LogP contribution in [-0.2, 0) is 5.41 Å². The molecule has 0 bridgehead atoms. The molecule has 0 aliphatic heterocycles. The molecule has 8 aromatic carbocycles. The van der Waals surface area contributed by atoms with E-state index in [-0.39, 0.29) is 5.41 Å². The van der Waals surface area contributed by atoms with Crippen LogP contribution in [0.25, 0.3) is 82.1 Å². The van der Waals surface area contributed by atoms with Crippen LogP contribution < -0.4 is 0 Å². The Kier molecular flexibility index (Phi) is 4.58. The molecule has 1 heterocycles. The number of para-hydroxylation sites is 1. The summed E-state index contributed by atoms with van der Waals surface area (Å²) < 4.78 is 2.45. The van der Waals surface area contributed by atoms with Gasteiger partial charge in [-0.15, -0.1) is 0 Å². The van der Waals surface area contributed by atoms with Crippen molar-refractivity contribution in [2.24, 2.45) is 0 Å². The smallest absolute Gasteiger partial charge is 0.0547 e. The van der Waals surface area contributed by atoms with Crippen molar-refractivity contribution in [1.29, 1.82) is 0 Å². The molecule has 0 amide bonds. The van der Waals surface area contributed by atoms with Gasteiger partial charge in [0.05, 0.1) is 11.0 Å². The van der Waals surface area contributed by atoms with Crippen LogP contribution in [0.3, 0.4) is 0 Å². The van der Waals surface area contributed by atoms with Gasteiger partial charge in [0, 0.05) is 21.9 Å². The Morgan fingerprint density at radius 3 is 1.98 bits per heavy atom. The average molecular weight is 560 g/mol. The van der Waals surface area contributed by atoms with Gasteiger partial charge in [-0.2, -0.15) is 0 Å². The number of nitrogens with zero attached hydrogens (tertiary/aromatic N) is 1. The third-order valence-corrected chi connectivity index (χ3v) is 10.3. The first-order valence-electron chi connectivity index (χ1n) is 15.5. The quantitative estimate of drug-likeness (QED) is 0.186. The Hall–Kier alpha value is -5.40. The molecular formula is C43H29N. The van der Waals surface area contributed by atoms with Gasteiger partial charge >= 0.3 is 0 Å². The lowest BCUT2D eigenvalue weighted by atomic mass is 9.82. The standard InChI is InChI=1S/C43H29N/c1-43(2)35-12-5-3-10-33(35)41-36(43)24-25-38-42(41)34-11-4-6-13-37(34)44(38)30-20-16-26(17-21-30)31-22-18-29-15-14-27-8-7-9-28-19-23-32(31)40(29)39(27)28/h3-25H,1-2H3. The van der Waals surface area contributed by atoms with Crippen molar-refractivity contribution in [3.05, 3.63) is 151 Å². The molecule has 0 N–H and O–H groups in total. The second-order valence-electron chi connectivity index (χ2n) is 12.9. The molecule has 1 aliphatic rings. The normalized spacial score (nSPS) is 13.9. The van der Waals surface area contributed by atoms with Crippen molar-refractivity contribution in [2.75, 3.05) is 0 Å². The molecule has 1 heteroatoms. The topological polar surface area (TPSA) is 4.93 Å². The van der Waals surface area contributed by atoms with Crippen molar-refractivity contribution in [3.8, 4) is 27.9 Å². The maximum absolute atomic E-state index is 2.45. The average Bonchev–Trinajstić information content (AvgIpc) is 3.52. The molecule has 1 aliphatic carbocycles. The van der Waals surface area contributed by atoms with E-state index in [0.717, 1.165) is 0 Å². The number of rotatable bonds is 2. The third kappa shape index (κ3) is 2.99. The Morgan fingerprint density at radius 2 is 1.14 bits per heavy atom. The van der Waals surface area contributed by atoms with Gasteiger partial charge in [-0.3, -0.25) is 0 Å². The molecular weight excluding hydrogens is 530 g/mol. The molecule has 0 spiro atoms. The fourth-order valence-electron chi connectivity index (χ4n) is 8.31. The van der Waals surface area contributed by atoms with Crippen LogP contribution >= 0.6 is 0 Å². The lowest BCUT2D eigenvalue weighted by Crippen LogP contribution is -2.14. The lowest BCUT2D eigenvalue weighted by Gasteiger charge is -2.21. The van der Waals surface area contributed by atoms with E-state index in [4.69, 9.17) is 0 Å². The molecule has 0 saturated carbocycles. The molecule has 9 aromatic rings. The van der Waals surface area contributed by atoms with E-state index in [0.29, 0.717) is 0 Å². The summed E-state index contributed by atoms with van der Waals surface area (Å²) >= 11 is 0. The van der Waals surface area contributed by atoms with Gasteiger partial charge in [0.2, 0.25) is 0 Å². The highest BCUT2D eigenvalue weighted by molar-refractivity contribution is 6.25. The molecule has 0 atom stereocenters. The maximum Gasteiger partial charge on any atom is 0.0547 e. The van der Waals surface area contributed by atoms with E-state index in [1.165, 1.54) is 93.2 Å². The van der Waals surface area contributed by atoms with E-state index in [9.17, 15) is 0 Å². The van der Waals surface area contributed by atoms with Crippen molar-refractivity contribution < 1.29 is 0 Å². The zero-order valence-corrected chi connectivity index (χ0v) is 24.7. The minimum absolute atomic E-state index is 0.0222. The number of hydrogen-bond acceptors (Lipinski definition) is 0. The van der Waals surface area contributed by atoms with Crippen LogP contribution in [0.4, 0.5) is 0 Å². The molecule has 1 nitrogen and oxygen atoms in total. The second kappa shape index (κ2) is 8.36. The number of fused-ring (bicyclic) bond motifs is 7. The monoisotopic (exact) mass is 559 g/mol. The largest absolute Gasteiger partial charge is 0.309 e. The summed E-state index contributed by atoms with van der Waals surface area (Å²) in [5.41, 5.74) is 11.8. The number of benzene rings is 8. The van der Waals surface area contributed by atoms with Gasteiger partial charge in [-0.05, 0) is 90.0 Å². The Morgan fingerprint density at radius 1 is 0.432 bits per heavy atom. The van der Waals surface area contributed by atoms with E-state index in [1.54, 1.807) is 0 Å². The van der Waals surface area contributed by atoms with E-state index in [1.807, 2.05) is 0 Å². The highest BCUT2D eigenvalue weighted by Gasteiger charge is 2.37. The minimum Gasteiger partial charge on any atom is -0.309 e. The number of hydrogen-bond donors (Lipinski definition) is 0. The molecule has 1 aromatic heterocycles. The molecule has 0 unspecified atom stereocenters. The fourth-order valence-corrected chi connectivity index (χ4v) is 8.31. The first-order chi connectivity index (χ1) is 21.6. The zero-order valence-electron chi connectivity index (χ0n) is 24.7. The predicted octanol–water partition coefficient (Wildman–Crippen LogP) is 11.7. The van der Waals surface area contributed by atoms with Gasteiger partial charge < -0.3 is 4.57 Å². The van der Waals surface area contributed by atoms with Crippen molar-refractivity contribution in [1.82, 2.24) is 4.57 Å². The Labute approximate surface area is 255 Å². The second-order valence-corrected chi connectivity index (χ2v) is 12.9. The summed E-state index contributed by atoms with van der Waals surface area (Å²) in [6.45, 7) is 4.72. The van der Waals surface area contributed by atoms with Crippen molar-refractivity contribution in [2.45, 2.75) is 19.3 Å². The molecule has 0 saturated heterocycles. The Bertz CT molecular complexity index is 2600. The number of aromatic nitrogens is 1. The summed E-state index contributed by atoms with van der Waals surface area (Å²) in [5.74, 6) is 0. The summed E-state index contributed by atoms with van der Waals surface area (Å²) in [7, 11) is 0. The summed E-state index contributed by atoms with van der Waals surface area (Å²) in [4.78, 5) is 0. The van der Waals surface area contributed by atoms with Gasteiger partial charge in [-0.1, -0.05) is 129 Å². The van der Waals surface area contributed by atoms with Gasteiger partial charge in [-0.25, -0.2) is 0 Å².